The molecule has 1 aromatic rings. The predicted molar refractivity (Wildman–Crippen MR) is 71.0 cm³/mol. The summed E-state index contributed by atoms with van der Waals surface area (Å²) in [4.78, 5) is 10.3. The van der Waals surface area contributed by atoms with Crippen LogP contribution in [0.3, 0.4) is 0 Å². The van der Waals surface area contributed by atoms with E-state index in [4.69, 9.17) is 5.11 Å². The molecular weight excluding hydrogens is 403 g/mol. The van der Waals surface area contributed by atoms with E-state index in [2.05, 4.69) is 20.7 Å². The number of nitrogens with one attached hydrogen (secondary N) is 1. The van der Waals surface area contributed by atoms with Crippen LogP contribution in [-0.4, -0.2) is 45.4 Å². The number of hydrogen-bond donors (Lipinski definition) is 2. The van der Waals surface area contributed by atoms with Crippen LogP contribution in [0, 0.1) is 0 Å². The van der Waals surface area contributed by atoms with Crippen LogP contribution in [0.4, 0.5) is 13.2 Å². The number of aromatic carboxylic acids is 1. The molecule has 1 aromatic heterocycles. The molecule has 0 aliphatic rings. The molecule has 0 aliphatic heterocycles. The third-order valence-electron chi connectivity index (χ3n) is 1.96. The quantitative estimate of drug-likeness (QED) is 0.669. The summed E-state index contributed by atoms with van der Waals surface area (Å²) in [5.41, 5.74) is 0. The summed E-state index contributed by atoms with van der Waals surface area (Å²) >= 11 is 3.64. The van der Waals surface area contributed by atoms with E-state index in [1.54, 1.807) is 0 Å². The molecule has 21 heavy (non-hydrogen) atoms. The molecule has 0 unspecified atom stereocenters. The molecule has 1 rings (SSSR count). The fraction of sp³-hybridized carbons (Fsp3) is 0.444. The summed E-state index contributed by atoms with van der Waals surface area (Å²) in [6, 6.07) is 0.954. The van der Waals surface area contributed by atoms with Crippen molar-refractivity contribution in [3.8, 4) is 0 Å². The number of carboxylic acids is 1. The van der Waals surface area contributed by atoms with E-state index >= 15 is 0 Å². The molecule has 2 N–H and O–H groups in total. The average Bonchev–Trinajstić information content (AvgIpc) is 2.70. The maximum Gasteiger partial charge on any atom is 0.411 e. The molecule has 0 aromatic carbocycles. The van der Waals surface area contributed by atoms with Crippen LogP contribution in [0.2, 0.25) is 0 Å². The molecule has 0 bridgehead atoms. The minimum Gasteiger partial charge on any atom is -0.477 e. The summed E-state index contributed by atoms with van der Waals surface area (Å²) in [7, 11) is -4.03. The Morgan fingerprint density at radius 3 is 2.57 bits per heavy atom. The zero-order chi connectivity index (χ0) is 16.3. The molecule has 0 amide bonds. The van der Waals surface area contributed by atoms with Crippen molar-refractivity contribution in [3.05, 3.63) is 14.7 Å². The van der Waals surface area contributed by atoms with Gasteiger partial charge in [0.15, 0.2) is 0 Å². The molecule has 0 spiro atoms. The summed E-state index contributed by atoms with van der Waals surface area (Å²) in [6.07, 6.45) is -4.48. The lowest BCUT2D eigenvalue weighted by atomic mass is 10.5. The first-order valence-electron chi connectivity index (χ1n) is 5.20. The van der Waals surface area contributed by atoms with Crippen LogP contribution in [0.25, 0.3) is 0 Å². The minimum atomic E-state index is -4.48. The van der Waals surface area contributed by atoms with Crippen molar-refractivity contribution in [2.75, 3.05) is 19.8 Å². The molecule has 0 fully saturated rings. The van der Waals surface area contributed by atoms with E-state index < -0.39 is 35.4 Å². The van der Waals surface area contributed by atoms with Crippen LogP contribution in [0.1, 0.15) is 9.67 Å². The highest BCUT2D eigenvalue weighted by atomic mass is 79.9. The van der Waals surface area contributed by atoms with Gasteiger partial charge in [-0.1, -0.05) is 0 Å². The van der Waals surface area contributed by atoms with Gasteiger partial charge in [0.2, 0.25) is 10.0 Å². The Balaban J connectivity index is 2.60. The molecule has 12 heteroatoms. The van der Waals surface area contributed by atoms with E-state index in [9.17, 15) is 26.4 Å². The smallest absolute Gasteiger partial charge is 0.411 e. The van der Waals surface area contributed by atoms with Gasteiger partial charge >= 0.3 is 12.1 Å². The van der Waals surface area contributed by atoms with E-state index in [1.165, 1.54) is 0 Å². The molecule has 0 aliphatic carbocycles. The van der Waals surface area contributed by atoms with Crippen LogP contribution in [0.15, 0.2) is 14.7 Å². The SMILES string of the molecule is O=C(O)c1cc(S(=O)(=O)NCCOCC(F)(F)F)c(Br)s1. The summed E-state index contributed by atoms with van der Waals surface area (Å²) in [5, 5.41) is 8.76. The first-order valence-corrected chi connectivity index (χ1v) is 8.29. The molecule has 0 radical (unpaired) electrons. The third kappa shape index (κ3) is 5.90. The Hall–Kier alpha value is -0.690. The van der Waals surface area contributed by atoms with Crippen molar-refractivity contribution < 1.29 is 36.2 Å². The molecule has 0 atom stereocenters. The number of halogens is 4. The van der Waals surface area contributed by atoms with E-state index in [0.717, 1.165) is 6.07 Å². The van der Waals surface area contributed by atoms with Crippen LogP contribution < -0.4 is 4.72 Å². The number of alkyl halides is 3. The second kappa shape index (κ2) is 7.05. The standard InChI is InChI=1S/C9H9BrF3NO5S2/c10-7-6(3-5(20-7)8(15)16)21(17,18)14-1-2-19-4-9(11,12)13/h3,14H,1-2,4H2,(H,15,16). The Labute approximate surface area is 130 Å². The second-order valence-corrected chi connectivity index (χ2v) is 7.72. The number of rotatable bonds is 7. The molecular formula is C9H9BrF3NO5S2. The van der Waals surface area contributed by atoms with Gasteiger partial charge in [0, 0.05) is 6.54 Å². The Bertz CT molecular complexity index is 613. The lowest BCUT2D eigenvalue weighted by molar-refractivity contribution is -0.173. The van der Waals surface area contributed by atoms with Gasteiger partial charge in [-0.05, 0) is 22.0 Å². The van der Waals surface area contributed by atoms with E-state index in [-0.39, 0.29) is 20.1 Å². The monoisotopic (exact) mass is 411 g/mol. The maximum absolute atomic E-state index is 11.8. The predicted octanol–water partition coefficient (Wildman–Crippen LogP) is 2.07. The fourth-order valence-electron chi connectivity index (χ4n) is 1.15. The van der Waals surface area contributed by atoms with Gasteiger partial charge in [0.25, 0.3) is 0 Å². The van der Waals surface area contributed by atoms with Crippen molar-refractivity contribution >= 4 is 43.3 Å². The Kier molecular flexibility index (Phi) is 6.16. The zero-order valence-corrected chi connectivity index (χ0v) is 13.3. The summed E-state index contributed by atoms with van der Waals surface area (Å²) in [5.74, 6) is -1.28. The average molecular weight is 412 g/mol. The Morgan fingerprint density at radius 2 is 2.10 bits per heavy atom. The van der Waals surface area contributed by atoms with Crippen molar-refractivity contribution in [2.24, 2.45) is 0 Å². The van der Waals surface area contributed by atoms with Gasteiger partial charge in [-0.2, -0.15) is 13.2 Å². The lowest BCUT2D eigenvalue weighted by Crippen LogP contribution is -2.29. The second-order valence-electron chi connectivity index (χ2n) is 3.62. The van der Waals surface area contributed by atoms with Gasteiger partial charge < -0.3 is 9.84 Å². The van der Waals surface area contributed by atoms with Crippen molar-refractivity contribution in [2.45, 2.75) is 11.1 Å². The molecule has 6 nitrogen and oxygen atoms in total. The zero-order valence-electron chi connectivity index (χ0n) is 10.1. The topological polar surface area (TPSA) is 92.7 Å². The van der Waals surface area contributed by atoms with Crippen molar-refractivity contribution in [1.29, 1.82) is 0 Å². The highest BCUT2D eigenvalue weighted by Gasteiger charge is 2.27. The van der Waals surface area contributed by atoms with Crippen LogP contribution >= 0.6 is 27.3 Å². The first kappa shape index (κ1) is 18.4. The normalized spacial score (nSPS) is 12.6. The first-order chi connectivity index (χ1) is 9.53. The van der Waals surface area contributed by atoms with Crippen LogP contribution in [0.5, 0.6) is 0 Å². The van der Waals surface area contributed by atoms with Gasteiger partial charge in [-0.3, -0.25) is 0 Å². The number of ether oxygens (including phenoxy) is 1. The molecule has 0 saturated heterocycles. The van der Waals surface area contributed by atoms with Gasteiger partial charge in [-0.15, -0.1) is 11.3 Å². The highest BCUT2D eigenvalue weighted by molar-refractivity contribution is 9.11. The molecule has 0 saturated carbocycles. The summed E-state index contributed by atoms with van der Waals surface area (Å²) in [6.45, 7) is -2.31. The van der Waals surface area contributed by atoms with E-state index in [0.29, 0.717) is 11.3 Å². The Morgan fingerprint density at radius 1 is 1.48 bits per heavy atom. The van der Waals surface area contributed by atoms with Gasteiger partial charge in [0.05, 0.1) is 10.4 Å². The van der Waals surface area contributed by atoms with Gasteiger partial charge in [-0.25, -0.2) is 17.9 Å². The van der Waals surface area contributed by atoms with E-state index in [1.807, 2.05) is 4.72 Å². The third-order valence-corrected chi connectivity index (χ3v) is 5.66. The maximum atomic E-state index is 11.8. The summed E-state index contributed by atoms with van der Waals surface area (Å²) < 4.78 is 65.4. The number of carbonyl (C=O) groups is 1. The highest BCUT2D eigenvalue weighted by Crippen LogP contribution is 2.31. The fourth-order valence-corrected chi connectivity index (χ4v) is 4.57. The van der Waals surface area contributed by atoms with Crippen LogP contribution in [-0.2, 0) is 14.8 Å². The number of thiophene rings is 1. The molecule has 1 heterocycles. The minimum absolute atomic E-state index is 0.0867. The number of carboxylic acid groups (broad SMARTS) is 1. The van der Waals surface area contributed by atoms with Crippen molar-refractivity contribution in [3.63, 3.8) is 0 Å². The lowest BCUT2D eigenvalue weighted by Gasteiger charge is -2.08. The number of sulfonamides is 1. The number of hydrogen-bond acceptors (Lipinski definition) is 5. The molecule has 120 valence electrons. The van der Waals surface area contributed by atoms with Crippen molar-refractivity contribution in [1.82, 2.24) is 4.72 Å². The largest absolute Gasteiger partial charge is 0.477 e. The van der Waals surface area contributed by atoms with Gasteiger partial charge in [0.1, 0.15) is 16.4 Å².